The molecule has 6 heteroatoms. The number of aromatic hydroxyl groups is 1. The normalized spacial score (nSPS) is 11.0. The van der Waals surface area contributed by atoms with Gasteiger partial charge in [0.2, 0.25) is 5.28 Å². The molecular formula is C15H14ClN3OS. The number of phenols is 1. The molecule has 1 N–H and O–H groups in total. The Hall–Kier alpha value is -1.85. The summed E-state index contributed by atoms with van der Waals surface area (Å²) in [5.41, 5.74) is 0.924. The van der Waals surface area contributed by atoms with Crippen molar-refractivity contribution in [2.24, 2.45) is 0 Å². The first kappa shape index (κ1) is 14.1. The van der Waals surface area contributed by atoms with Crippen molar-refractivity contribution in [3.63, 3.8) is 0 Å². The van der Waals surface area contributed by atoms with Crippen LogP contribution in [0.3, 0.4) is 0 Å². The van der Waals surface area contributed by atoms with Gasteiger partial charge in [-0.3, -0.25) is 0 Å². The van der Waals surface area contributed by atoms with Crippen molar-refractivity contribution in [1.82, 2.24) is 9.97 Å². The van der Waals surface area contributed by atoms with Gasteiger partial charge in [-0.1, -0.05) is 6.92 Å². The quantitative estimate of drug-likeness (QED) is 0.728. The Kier molecular flexibility index (Phi) is 3.69. The van der Waals surface area contributed by atoms with E-state index in [-0.39, 0.29) is 11.0 Å². The Morgan fingerprint density at radius 3 is 2.62 bits per heavy atom. The molecule has 0 unspecified atom stereocenters. The molecule has 0 aliphatic rings. The van der Waals surface area contributed by atoms with Crippen LogP contribution in [0.5, 0.6) is 5.75 Å². The zero-order valence-corrected chi connectivity index (χ0v) is 13.2. The molecule has 0 amide bonds. The van der Waals surface area contributed by atoms with Crippen molar-refractivity contribution in [2.75, 3.05) is 11.9 Å². The van der Waals surface area contributed by atoms with Gasteiger partial charge in [-0.05, 0) is 48.4 Å². The highest BCUT2D eigenvalue weighted by molar-refractivity contribution is 7.18. The number of rotatable bonds is 3. The minimum Gasteiger partial charge on any atom is -0.508 e. The van der Waals surface area contributed by atoms with Crippen LogP contribution < -0.4 is 4.90 Å². The first-order valence-electron chi connectivity index (χ1n) is 6.57. The first-order chi connectivity index (χ1) is 10.1. The summed E-state index contributed by atoms with van der Waals surface area (Å²) >= 11 is 7.69. The molecule has 0 fully saturated rings. The zero-order valence-electron chi connectivity index (χ0n) is 11.7. The number of benzene rings is 1. The standard InChI is InChI=1S/C15H14ClN3OS/c1-3-11-8-12-13(17-15(16)18-14(12)21-11)19(2)9-4-6-10(20)7-5-9/h4-8,20H,3H2,1-2H3. The number of fused-ring (bicyclic) bond motifs is 1. The number of halogens is 1. The summed E-state index contributed by atoms with van der Waals surface area (Å²) < 4.78 is 0. The molecule has 0 aliphatic heterocycles. The van der Waals surface area contributed by atoms with Gasteiger partial charge in [0.25, 0.3) is 0 Å². The fourth-order valence-corrected chi connectivity index (χ4v) is 3.34. The molecule has 1 aromatic carbocycles. The third-order valence-electron chi connectivity index (χ3n) is 3.30. The van der Waals surface area contributed by atoms with Gasteiger partial charge in [0.1, 0.15) is 16.4 Å². The lowest BCUT2D eigenvalue weighted by molar-refractivity contribution is 0.475. The number of nitrogens with zero attached hydrogens (tertiary/aromatic N) is 3. The molecule has 0 spiro atoms. The largest absolute Gasteiger partial charge is 0.508 e. The zero-order chi connectivity index (χ0) is 15.0. The second kappa shape index (κ2) is 5.50. The SMILES string of the molecule is CCc1cc2c(N(C)c3ccc(O)cc3)nc(Cl)nc2s1. The molecule has 0 saturated carbocycles. The summed E-state index contributed by atoms with van der Waals surface area (Å²) in [4.78, 5) is 12.8. The molecule has 0 aliphatic carbocycles. The highest BCUT2D eigenvalue weighted by Crippen LogP contribution is 2.34. The summed E-state index contributed by atoms with van der Waals surface area (Å²) in [5.74, 6) is 1.01. The van der Waals surface area contributed by atoms with Crippen LogP contribution in [0.1, 0.15) is 11.8 Å². The highest BCUT2D eigenvalue weighted by Gasteiger charge is 2.15. The van der Waals surface area contributed by atoms with Crippen LogP contribution in [0.25, 0.3) is 10.2 Å². The molecule has 2 heterocycles. The summed E-state index contributed by atoms with van der Waals surface area (Å²) in [6.45, 7) is 2.11. The van der Waals surface area contributed by atoms with Crippen LogP contribution in [0.2, 0.25) is 5.28 Å². The first-order valence-corrected chi connectivity index (χ1v) is 7.76. The summed E-state index contributed by atoms with van der Waals surface area (Å²) in [5, 5.41) is 10.6. The summed E-state index contributed by atoms with van der Waals surface area (Å²) in [6.07, 6.45) is 0.959. The molecule has 0 saturated heterocycles. The Morgan fingerprint density at radius 2 is 1.95 bits per heavy atom. The van der Waals surface area contributed by atoms with Gasteiger partial charge in [0, 0.05) is 17.6 Å². The van der Waals surface area contributed by atoms with E-state index in [9.17, 15) is 5.11 Å². The fraction of sp³-hybridized carbons (Fsp3) is 0.200. The van der Waals surface area contributed by atoms with Crippen LogP contribution >= 0.6 is 22.9 Å². The number of hydrogen-bond acceptors (Lipinski definition) is 5. The van der Waals surface area contributed by atoms with Crippen LogP contribution in [0, 0.1) is 0 Å². The minimum absolute atomic E-state index is 0.238. The lowest BCUT2D eigenvalue weighted by Gasteiger charge is -2.19. The topological polar surface area (TPSA) is 49.2 Å². The molecular weight excluding hydrogens is 306 g/mol. The summed E-state index contributed by atoms with van der Waals surface area (Å²) in [6, 6.07) is 9.09. The van der Waals surface area contributed by atoms with Gasteiger partial charge in [-0.25, -0.2) is 4.98 Å². The third kappa shape index (κ3) is 2.66. The van der Waals surface area contributed by atoms with E-state index in [1.165, 1.54) is 4.88 Å². The van der Waals surface area contributed by atoms with E-state index in [1.54, 1.807) is 23.5 Å². The smallest absolute Gasteiger partial charge is 0.225 e. The Bertz CT molecular complexity index is 785. The number of aromatic nitrogens is 2. The van der Waals surface area contributed by atoms with Gasteiger partial charge >= 0.3 is 0 Å². The van der Waals surface area contributed by atoms with Crippen molar-refractivity contribution < 1.29 is 5.11 Å². The third-order valence-corrected chi connectivity index (χ3v) is 4.64. The molecule has 108 valence electrons. The number of phenolic OH excluding ortho intramolecular Hbond substituents is 1. The maximum absolute atomic E-state index is 9.40. The van der Waals surface area contributed by atoms with Crippen molar-refractivity contribution in [2.45, 2.75) is 13.3 Å². The van der Waals surface area contributed by atoms with Gasteiger partial charge in [0.05, 0.1) is 5.39 Å². The Balaban J connectivity index is 2.14. The average molecular weight is 320 g/mol. The maximum Gasteiger partial charge on any atom is 0.225 e. The van der Waals surface area contributed by atoms with E-state index in [0.717, 1.165) is 28.1 Å². The van der Waals surface area contributed by atoms with Gasteiger partial charge in [-0.15, -0.1) is 11.3 Å². The molecule has 4 nitrogen and oxygen atoms in total. The van der Waals surface area contributed by atoms with Gasteiger partial charge < -0.3 is 10.0 Å². The fourth-order valence-electron chi connectivity index (χ4n) is 2.16. The number of anilines is 2. The Labute approximate surface area is 131 Å². The second-order valence-electron chi connectivity index (χ2n) is 4.68. The van der Waals surface area contributed by atoms with Gasteiger partial charge in [-0.2, -0.15) is 4.98 Å². The average Bonchev–Trinajstić information content (AvgIpc) is 2.89. The van der Waals surface area contributed by atoms with Crippen molar-refractivity contribution in [3.05, 3.63) is 40.5 Å². The van der Waals surface area contributed by atoms with E-state index < -0.39 is 0 Å². The number of thiophene rings is 1. The monoisotopic (exact) mass is 319 g/mol. The van der Waals surface area contributed by atoms with Crippen LogP contribution in [-0.2, 0) is 6.42 Å². The van der Waals surface area contributed by atoms with E-state index >= 15 is 0 Å². The molecule has 3 rings (SSSR count). The number of hydrogen-bond donors (Lipinski definition) is 1. The molecule has 21 heavy (non-hydrogen) atoms. The predicted molar refractivity (Wildman–Crippen MR) is 88.0 cm³/mol. The molecule has 0 bridgehead atoms. The van der Waals surface area contributed by atoms with E-state index in [4.69, 9.17) is 11.6 Å². The predicted octanol–water partition coefficient (Wildman–Crippen LogP) is 4.38. The highest BCUT2D eigenvalue weighted by atomic mass is 35.5. The van der Waals surface area contributed by atoms with E-state index in [2.05, 4.69) is 23.0 Å². The molecule has 2 aromatic heterocycles. The van der Waals surface area contributed by atoms with E-state index in [1.807, 2.05) is 24.1 Å². The van der Waals surface area contributed by atoms with Crippen LogP contribution in [0.15, 0.2) is 30.3 Å². The maximum atomic E-state index is 9.40. The lowest BCUT2D eigenvalue weighted by atomic mass is 10.2. The van der Waals surface area contributed by atoms with Crippen LogP contribution in [-0.4, -0.2) is 22.1 Å². The summed E-state index contributed by atoms with van der Waals surface area (Å²) in [7, 11) is 1.92. The Morgan fingerprint density at radius 1 is 1.24 bits per heavy atom. The molecule has 0 radical (unpaired) electrons. The van der Waals surface area contributed by atoms with Gasteiger partial charge in [0.15, 0.2) is 0 Å². The van der Waals surface area contributed by atoms with E-state index in [0.29, 0.717) is 0 Å². The van der Waals surface area contributed by atoms with Crippen molar-refractivity contribution in [1.29, 1.82) is 0 Å². The van der Waals surface area contributed by atoms with Crippen molar-refractivity contribution in [3.8, 4) is 5.75 Å². The molecule has 3 aromatic rings. The van der Waals surface area contributed by atoms with Crippen molar-refractivity contribution >= 4 is 44.7 Å². The molecule has 0 atom stereocenters. The minimum atomic E-state index is 0.238. The number of aryl methyl sites for hydroxylation is 1. The van der Waals surface area contributed by atoms with Crippen LogP contribution in [0.4, 0.5) is 11.5 Å². The second-order valence-corrected chi connectivity index (χ2v) is 6.13. The lowest BCUT2D eigenvalue weighted by Crippen LogP contribution is -2.11.